The van der Waals surface area contributed by atoms with Gasteiger partial charge in [0, 0.05) is 0 Å². The fraction of sp³-hybridized carbons (Fsp3) is 0.500. The molecular formula is C14H19NO3. The molecule has 0 amide bonds. The second-order valence-electron chi connectivity index (χ2n) is 4.40. The zero-order valence-electron chi connectivity index (χ0n) is 10.6. The monoisotopic (exact) mass is 249 g/mol. The van der Waals surface area contributed by atoms with Crippen molar-refractivity contribution < 1.29 is 9.90 Å². The van der Waals surface area contributed by atoms with Crippen LogP contribution < -0.4 is 0 Å². The molecule has 98 valence electrons. The van der Waals surface area contributed by atoms with E-state index in [9.17, 15) is 9.70 Å². The Kier molecular flexibility index (Phi) is 6.05. The molecule has 0 aliphatic rings. The largest absolute Gasteiger partial charge is 0.481 e. The number of nitrogens with zero attached hydrogens (tertiary/aromatic N) is 1. The van der Waals surface area contributed by atoms with Crippen LogP contribution in [0, 0.1) is 4.91 Å². The molecule has 1 rings (SSSR count). The molecule has 1 aromatic rings. The SMILES string of the molecule is CCCCCc1cccc(C(CN=O)C(=O)O)c1. The Balaban J connectivity index is 2.78. The van der Waals surface area contributed by atoms with Crippen molar-refractivity contribution in [1.29, 1.82) is 0 Å². The van der Waals surface area contributed by atoms with Gasteiger partial charge in [-0.05, 0) is 24.0 Å². The van der Waals surface area contributed by atoms with E-state index in [1.54, 1.807) is 6.07 Å². The molecule has 0 radical (unpaired) electrons. The first-order valence-corrected chi connectivity index (χ1v) is 6.29. The molecule has 0 spiro atoms. The lowest BCUT2D eigenvalue weighted by Gasteiger charge is -2.10. The van der Waals surface area contributed by atoms with Gasteiger partial charge in [-0.25, -0.2) is 0 Å². The minimum Gasteiger partial charge on any atom is -0.481 e. The number of carbonyl (C=O) groups is 1. The van der Waals surface area contributed by atoms with Crippen molar-refractivity contribution in [3.63, 3.8) is 0 Å². The van der Waals surface area contributed by atoms with Crippen LogP contribution in [0.2, 0.25) is 0 Å². The summed E-state index contributed by atoms with van der Waals surface area (Å²) in [6.07, 6.45) is 4.38. The summed E-state index contributed by atoms with van der Waals surface area (Å²) in [7, 11) is 0. The maximum absolute atomic E-state index is 11.1. The standard InChI is InChI=1S/C14H19NO3/c1-2-3-4-6-11-7-5-8-12(9-11)13(10-15-18)14(16)17/h5,7-9,13H,2-4,6,10H2,1H3,(H,16,17). The van der Waals surface area contributed by atoms with Crippen LogP contribution in [-0.4, -0.2) is 17.6 Å². The molecule has 0 aliphatic carbocycles. The zero-order chi connectivity index (χ0) is 13.4. The van der Waals surface area contributed by atoms with Crippen molar-refractivity contribution in [1.82, 2.24) is 0 Å². The molecule has 4 heteroatoms. The van der Waals surface area contributed by atoms with Gasteiger partial charge in [0.15, 0.2) is 0 Å². The van der Waals surface area contributed by atoms with E-state index in [1.807, 2.05) is 18.2 Å². The van der Waals surface area contributed by atoms with Crippen molar-refractivity contribution in [3.05, 3.63) is 40.3 Å². The highest BCUT2D eigenvalue weighted by atomic mass is 16.4. The van der Waals surface area contributed by atoms with E-state index in [4.69, 9.17) is 5.11 Å². The number of hydrogen-bond acceptors (Lipinski definition) is 3. The molecular weight excluding hydrogens is 230 g/mol. The molecule has 1 N–H and O–H groups in total. The van der Waals surface area contributed by atoms with Crippen LogP contribution in [0.5, 0.6) is 0 Å². The molecule has 0 aliphatic heterocycles. The average molecular weight is 249 g/mol. The molecule has 0 heterocycles. The number of carboxylic acids is 1. The summed E-state index contributed by atoms with van der Waals surface area (Å²) in [5.74, 6) is -1.83. The second-order valence-corrected chi connectivity index (χ2v) is 4.40. The summed E-state index contributed by atoms with van der Waals surface area (Å²) in [4.78, 5) is 21.3. The number of aryl methyl sites for hydroxylation is 1. The highest BCUT2D eigenvalue weighted by Gasteiger charge is 2.20. The van der Waals surface area contributed by atoms with Gasteiger partial charge in [0.05, 0.1) is 6.54 Å². The molecule has 1 atom stereocenters. The summed E-state index contributed by atoms with van der Waals surface area (Å²) in [5.41, 5.74) is 1.79. The zero-order valence-corrected chi connectivity index (χ0v) is 10.6. The average Bonchev–Trinajstić information content (AvgIpc) is 2.36. The Labute approximate surface area is 107 Å². The van der Waals surface area contributed by atoms with Gasteiger partial charge >= 0.3 is 5.97 Å². The highest BCUT2D eigenvalue weighted by molar-refractivity contribution is 5.76. The van der Waals surface area contributed by atoms with Gasteiger partial charge in [0.25, 0.3) is 0 Å². The van der Waals surface area contributed by atoms with Crippen LogP contribution >= 0.6 is 0 Å². The normalized spacial score (nSPS) is 12.1. The third kappa shape index (κ3) is 4.28. The van der Waals surface area contributed by atoms with E-state index >= 15 is 0 Å². The van der Waals surface area contributed by atoms with E-state index in [0.29, 0.717) is 5.56 Å². The van der Waals surface area contributed by atoms with Gasteiger partial charge in [0.1, 0.15) is 5.92 Å². The number of carboxylic acid groups (broad SMARTS) is 1. The number of unbranched alkanes of at least 4 members (excludes halogenated alkanes) is 2. The van der Waals surface area contributed by atoms with Crippen molar-refractivity contribution in [2.24, 2.45) is 5.18 Å². The molecule has 0 aromatic heterocycles. The van der Waals surface area contributed by atoms with Crippen LogP contribution in [0.15, 0.2) is 29.4 Å². The smallest absolute Gasteiger partial charge is 0.313 e. The van der Waals surface area contributed by atoms with Crippen molar-refractivity contribution in [3.8, 4) is 0 Å². The van der Waals surface area contributed by atoms with E-state index in [1.165, 1.54) is 6.42 Å². The quantitative estimate of drug-likeness (QED) is 0.567. The van der Waals surface area contributed by atoms with Gasteiger partial charge in [-0.1, -0.05) is 49.2 Å². The Morgan fingerprint density at radius 1 is 1.39 bits per heavy atom. The Morgan fingerprint density at radius 2 is 2.17 bits per heavy atom. The van der Waals surface area contributed by atoms with Gasteiger partial charge in [-0.15, -0.1) is 0 Å². The van der Waals surface area contributed by atoms with Crippen molar-refractivity contribution in [2.75, 3.05) is 6.54 Å². The molecule has 0 saturated heterocycles. The topological polar surface area (TPSA) is 66.7 Å². The van der Waals surface area contributed by atoms with Crippen LogP contribution in [0.3, 0.4) is 0 Å². The summed E-state index contributed by atoms with van der Waals surface area (Å²) in [6.45, 7) is 1.93. The third-order valence-electron chi connectivity index (χ3n) is 2.98. The van der Waals surface area contributed by atoms with E-state index < -0.39 is 11.9 Å². The van der Waals surface area contributed by atoms with E-state index in [-0.39, 0.29) is 6.54 Å². The van der Waals surface area contributed by atoms with E-state index in [2.05, 4.69) is 12.1 Å². The molecule has 4 nitrogen and oxygen atoms in total. The number of benzene rings is 1. The predicted molar refractivity (Wildman–Crippen MR) is 70.7 cm³/mol. The molecule has 0 saturated carbocycles. The predicted octanol–water partition coefficient (Wildman–Crippen LogP) is 3.35. The molecule has 0 fully saturated rings. The van der Waals surface area contributed by atoms with Crippen LogP contribution in [0.25, 0.3) is 0 Å². The van der Waals surface area contributed by atoms with Crippen LogP contribution in [0.1, 0.15) is 43.2 Å². The Bertz CT molecular complexity index is 404. The minimum absolute atomic E-state index is 0.215. The molecule has 18 heavy (non-hydrogen) atoms. The van der Waals surface area contributed by atoms with Crippen LogP contribution in [-0.2, 0) is 11.2 Å². The highest BCUT2D eigenvalue weighted by Crippen LogP contribution is 2.19. The second kappa shape index (κ2) is 7.58. The number of aliphatic carboxylic acids is 1. The summed E-state index contributed by atoms with van der Waals surface area (Å²) in [5, 5.41) is 11.8. The maximum atomic E-state index is 11.1. The lowest BCUT2D eigenvalue weighted by molar-refractivity contribution is -0.138. The maximum Gasteiger partial charge on any atom is 0.313 e. The number of rotatable bonds is 8. The summed E-state index contributed by atoms with van der Waals surface area (Å²) >= 11 is 0. The lowest BCUT2D eigenvalue weighted by atomic mass is 9.96. The summed E-state index contributed by atoms with van der Waals surface area (Å²) in [6, 6.07) is 7.46. The summed E-state index contributed by atoms with van der Waals surface area (Å²) < 4.78 is 0. The molecule has 1 aromatic carbocycles. The fourth-order valence-corrected chi connectivity index (χ4v) is 1.95. The van der Waals surface area contributed by atoms with Gasteiger partial charge < -0.3 is 5.11 Å². The molecule has 0 bridgehead atoms. The number of nitroso groups, excluding NO2 is 1. The van der Waals surface area contributed by atoms with Crippen LogP contribution in [0.4, 0.5) is 0 Å². The fourth-order valence-electron chi connectivity index (χ4n) is 1.95. The van der Waals surface area contributed by atoms with Crippen molar-refractivity contribution in [2.45, 2.75) is 38.5 Å². The molecule has 1 unspecified atom stereocenters. The van der Waals surface area contributed by atoms with Crippen molar-refractivity contribution >= 4 is 5.97 Å². The first kappa shape index (κ1) is 14.4. The van der Waals surface area contributed by atoms with Gasteiger partial charge in [0.2, 0.25) is 0 Å². The van der Waals surface area contributed by atoms with E-state index in [0.717, 1.165) is 24.8 Å². The van der Waals surface area contributed by atoms with Gasteiger partial charge in [-0.3, -0.25) is 4.79 Å². The van der Waals surface area contributed by atoms with Gasteiger partial charge in [-0.2, -0.15) is 4.91 Å². The Morgan fingerprint density at radius 3 is 2.78 bits per heavy atom. The Hall–Kier alpha value is -1.71. The lowest BCUT2D eigenvalue weighted by Crippen LogP contribution is -2.14. The third-order valence-corrected chi connectivity index (χ3v) is 2.98. The first-order chi connectivity index (χ1) is 8.69. The first-order valence-electron chi connectivity index (χ1n) is 6.29. The minimum atomic E-state index is -1.000. The number of hydrogen-bond donors (Lipinski definition) is 1.